The summed E-state index contributed by atoms with van der Waals surface area (Å²) in [6.45, 7) is 7.07. The highest BCUT2D eigenvalue weighted by Gasteiger charge is 2.11. The van der Waals surface area contributed by atoms with Crippen molar-refractivity contribution in [3.8, 4) is 0 Å². The molecular weight excluding hydrogens is 253 g/mol. The average molecular weight is 281 g/mol. The predicted octanol–water partition coefficient (Wildman–Crippen LogP) is 3.66. The number of ether oxygens (including phenoxy) is 1. The Bertz CT molecular complexity index is 368. The maximum Gasteiger partial charge on any atom is 0.123 e. The molecule has 0 aliphatic heterocycles. The van der Waals surface area contributed by atoms with Gasteiger partial charge in [0.1, 0.15) is 5.82 Å². The van der Waals surface area contributed by atoms with Gasteiger partial charge in [-0.1, -0.05) is 32.4 Å². The summed E-state index contributed by atoms with van der Waals surface area (Å²) < 4.78 is 18.3. The summed E-state index contributed by atoms with van der Waals surface area (Å²) in [5.74, 6) is 1.12. The van der Waals surface area contributed by atoms with Gasteiger partial charge in [0, 0.05) is 13.7 Å². The molecule has 0 saturated carbocycles. The van der Waals surface area contributed by atoms with Crippen molar-refractivity contribution in [1.29, 1.82) is 0 Å². The number of nitrogens with one attached hydrogen (secondary N) is 1. The molecule has 1 unspecified atom stereocenters. The van der Waals surface area contributed by atoms with Crippen molar-refractivity contribution in [2.75, 3.05) is 26.8 Å². The van der Waals surface area contributed by atoms with Gasteiger partial charge < -0.3 is 10.1 Å². The van der Waals surface area contributed by atoms with E-state index in [0.717, 1.165) is 31.7 Å². The fourth-order valence-corrected chi connectivity index (χ4v) is 2.32. The zero-order valence-electron chi connectivity index (χ0n) is 13.0. The van der Waals surface area contributed by atoms with E-state index in [0.29, 0.717) is 11.8 Å². The number of methoxy groups -OCH3 is 1. The van der Waals surface area contributed by atoms with Crippen molar-refractivity contribution < 1.29 is 9.13 Å². The van der Waals surface area contributed by atoms with Crippen LogP contribution >= 0.6 is 0 Å². The van der Waals surface area contributed by atoms with Gasteiger partial charge in [0.25, 0.3) is 0 Å². The second-order valence-electron chi connectivity index (χ2n) is 5.87. The molecule has 1 aromatic carbocycles. The largest absolute Gasteiger partial charge is 0.383 e. The van der Waals surface area contributed by atoms with Crippen LogP contribution in [0.1, 0.15) is 32.3 Å². The molecule has 0 fully saturated rings. The Hall–Kier alpha value is -0.930. The minimum Gasteiger partial charge on any atom is -0.383 e. The molecule has 0 bridgehead atoms. The zero-order valence-corrected chi connectivity index (χ0v) is 13.0. The average Bonchev–Trinajstić information content (AvgIpc) is 2.40. The Labute approximate surface area is 122 Å². The highest BCUT2D eigenvalue weighted by atomic mass is 19.1. The summed E-state index contributed by atoms with van der Waals surface area (Å²) in [5, 5.41) is 3.43. The molecule has 1 atom stereocenters. The SMILES string of the molecule is COCCNCC(CCC(C)C)Cc1cccc(F)c1. The van der Waals surface area contributed by atoms with Gasteiger partial charge in [0.15, 0.2) is 0 Å². The lowest BCUT2D eigenvalue weighted by molar-refractivity contribution is 0.197. The Morgan fingerprint density at radius 1 is 1.25 bits per heavy atom. The third-order valence-corrected chi connectivity index (χ3v) is 3.48. The van der Waals surface area contributed by atoms with E-state index in [1.54, 1.807) is 19.2 Å². The number of hydrogen-bond acceptors (Lipinski definition) is 2. The van der Waals surface area contributed by atoms with E-state index < -0.39 is 0 Å². The van der Waals surface area contributed by atoms with Crippen molar-refractivity contribution in [1.82, 2.24) is 5.32 Å². The van der Waals surface area contributed by atoms with Crippen molar-refractivity contribution >= 4 is 0 Å². The molecule has 0 radical (unpaired) electrons. The summed E-state index contributed by atoms with van der Waals surface area (Å²) >= 11 is 0. The van der Waals surface area contributed by atoms with Crippen molar-refractivity contribution in [2.45, 2.75) is 33.1 Å². The Balaban J connectivity index is 2.47. The molecule has 1 aromatic rings. The first-order valence-corrected chi connectivity index (χ1v) is 7.56. The molecule has 0 aliphatic carbocycles. The maximum atomic E-state index is 13.3. The molecule has 1 rings (SSSR count). The van der Waals surface area contributed by atoms with E-state index in [2.05, 4.69) is 19.2 Å². The van der Waals surface area contributed by atoms with Crippen LogP contribution in [0, 0.1) is 17.7 Å². The first kappa shape index (κ1) is 17.1. The molecule has 1 N–H and O–H groups in total. The summed E-state index contributed by atoms with van der Waals surface area (Å²) in [4.78, 5) is 0. The van der Waals surface area contributed by atoms with Crippen molar-refractivity contribution in [3.63, 3.8) is 0 Å². The van der Waals surface area contributed by atoms with Crippen LogP contribution in [0.2, 0.25) is 0 Å². The van der Waals surface area contributed by atoms with E-state index in [-0.39, 0.29) is 5.82 Å². The minimum absolute atomic E-state index is 0.141. The smallest absolute Gasteiger partial charge is 0.123 e. The molecular formula is C17H28FNO. The third kappa shape index (κ3) is 7.61. The van der Waals surface area contributed by atoms with E-state index >= 15 is 0 Å². The second-order valence-corrected chi connectivity index (χ2v) is 5.87. The normalized spacial score (nSPS) is 12.8. The quantitative estimate of drug-likeness (QED) is 0.661. The Morgan fingerprint density at radius 3 is 2.70 bits per heavy atom. The van der Waals surface area contributed by atoms with Crippen LogP contribution in [0.4, 0.5) is 4.39 Å². The second kappa shape index (κ2) is 9.89. The van der Waals surface area contributed by atoms with Crippen LogP contribution in [0.25, 0.3) is 0 Å². The summed E-state index contributed by atoms with van der Waals surface area (Å²) in [5.41, 5.74) is 1.09. The molecule has 114 valence electrons. The fraction of sp³-hybridized carbons (Fsp3) is 0.647. The topological polar surface area (TPSA) is 21.3 Å². The van der Waals surface area contributed by atoms with Gasteiger partial charge in [-0.15, -0.1) is 0 Å². The van der Waals surface area contributed by atoms with Gasteiger partial charge >= 0.3 is 0 Å². The van der Waals surface area contributed by atoms with Crippen LogP contribution in [0.15, 0.2) is 24.3 Å². The summed E-state index contributed by atoms with van der Waals surface area (Å²) in [6.07, 6.45) is 3.32. The number of rotatable bonds is 10. The van der Waals surface area contributed by atoms with E-state index in [9.17, 15) is 4.39 Å². The molecule has 3 heteroatoms. The highest BCUT2D eigenvalue weighted by Crippen LogP contribution is 2.17. The van der Waals surface area contributed by atoms with Crippen LogP contribution in [-0.4, -0.2) is 26.8 Å². The monoisotopic (exact) mass is 281 g/mol. The zero-order chi connectivity index (χ0) is 14.8. The Kier molecular flexibility index (Phi) is 8.47. The molecule has 0 aliphatic rings. The number of benzene rings is 1. The number of hydrogen-bond donors (Lipinski definition) is 1. The maximum absolute atomic E-state index is 13.3. The van der Waals surface area contributed by atoms with Crippen LogP contribution in [0.5, 0.6) is 0 Å². The van der Waals surface area contributed by atoms with E-state index in [4.69, 9.17) is 4.74 Å². The summed E-state index contributed by atoms with van der Waals surface area (Å²) in [6, 6.07) is 6.96. The van der Waals surface area contributed by atoms with E-state index in [1.807, 2.05) is 6.07 Å². The van der Waals surface area contributed by atoms with Gasteiger partial charge in [0.2, 0.25) is 0 Å². The predicted molar refractivity (Wildman–Crippen MR) is 82.4 cm³/mol. The van der Waals surface area contributed by atoms with Gasteiger partial charge in [0.05, 0.1) is 6.61 Å². The lowest BCUT2D eigenvalue weighted by Gasteiger charge is -2.19. The Morgan fingerprint density at radius 2 is 2.05 bits per heavy atom. The van der Waals surface area contributed by atoms with Crippen LogP contribution < -0.4 is 5.32 Å². The van der Waals surface area contributed by atoms with Gasteiger partial charge in [-0.3, -0.25) is 0 Å². The lowest BCUT2D eigenvalue weighted by atomic mass is 9.92. The van der Waals surface area contributed by atoms with Gasteiger partial charge in [-0.05, 0) is 48.9 Å². The van der Waals surface area contributed by atoms with Crippen LogP contribution in [0.3, 0.4) is 0 Å². The fourth-order valence-electron chi connectivity index (χ4n) is 2.32. The molecule has 0 amide bonds. The van der Waals surface area contributed by atoms with Crippen LogP contribution in [-0.2, 0) is 11.2 Å². The lowest BCUT2D eigenvalue weighted by Crippen LogP contribution is -2.27. The summed E-state index contributed by atoms with van der Waals surface area (Å²) in [7, 11) is 1.71. The van der Waals surface area contributed by atoms with Crippen molar-refractivity contribution in [2.24, 2.45) is 11.8 Å². The van der Waals surface area contributed by atoms with Crippen molar-refractivity contribution in [3.05, 3.63) is 35.6 Å². The number of halogens is 1. The standard InChI is InChI=1S/C17H28FNO/c1-14(2)7-8-16(13-19-9-10-20-3)11-15-5-4-6-17(18)12-15/h4-6,12,14,16,19H,7-11,13H2,1-3H3. The molecule has 0 spiro atoms. The first-order chi connectivity index (χ1) is 9.61. The molecule has 20 heavy (non-hydrogen) atoms. The first-order valence-electron chi connectivity index (χ1n) is 7.56. The molecule has 0 heterocycles. The molecule has 0 saturated heterocycles. The molecule has 2 nitrogen and oxygen atoms in total. The third-order valence-electron chi connectivity index (χ3n) is 3.48. The highest BCUT2D eigenvalue weighted by molar-refractivity contribution is 5.16. The van der Waals surface area contributed by atoms with Gasteiger partial charge in [-0.2, -0.15) is 0 Å². The molecule has 0 aromatic heterocycles. The van der Waals surface area contributed by atoms with Gasteiger partial charge in [-0.25, -0.2) is 4.39 Å². The minimum atomic E-state index is -0.141. The van der Waals surface area contributed by atoms with E-state index in [1.165, 1.54) is 18.9 Å².